The number of carbonyl (C=O) groups is 2. The molecule has 2 N–H and O–H groups in total. The van der Waals surface area contributed by atoms with Crippen LogP contribution in [-0.4, -0.2) is 40.6 Å². The van der Waals surface area contributed by atoms with Crippen molar-refractivity contribution in [2.75, 3.05) is 18.9 Å². The Hall–Kier alpha value is -4.46. The molecule has 0 aliphatic heterocycles. The van der Waals surface area contributed by atoms with Crippen molar-refractivity contribution < 1.29 is 14.1 Å². The third kappa shape index (κ3) is 6.35. The maximum Gasteiger partial charge on any atom is 0.321 e. The van der Waals surface area contributed by atoms with Gasteiger partial charge < -0.3 is 20.1 Å². The smallest absolute Gasteiger partial charge is 0.321 e. The van der Waals surface area contributed by atoms with Crippen molar-refractivity contribution in [1.29, 1.82) is 0 Å². The Morgan fingerprint density at radius 1 is 0.972 bits per heavy atom. The molecule has 1 heterocycles. The fourth-order valence-corrected chi connectivity index (χ4v) is 3.57. The van der Waals surface area contributed by atoms with E-state index in [2.05, 4.69) is 20.8 Å². The molecule has 0 saturated heterocycles. The van der Waals surface area contributed by atoms with E-state index in [1.54, 1.807) is 36.2 Å². The van der Waals surface area contributed by atoms with Gasteiger partial charge in [-0.15, -0.1) is 0 Å². The van der Waals surface area contributed by atoms with Gasteiger partial charge in [0.2, 0.25) is 0 Å². The predicted octanol–water partition coefficient (Wildman–Crippen LogP) is 5.24. The Labute approximate surface area is 210 Å². The first-order valence-corrected chi connectivity index (χ1v) is 11.8. The van der Waals surface area contributed by atoms with Crippen molar-refractivity contribution >= 4 is 17.6 Å². The summed E-state index contributed by atoms with van der Waals surface area (Å²) >= 11 is 0. The van der Waals surface area contributed by atoms with Gasteiger partial charge >= 0.3 is 6.03 Å². The summed E-state index contributed by atoms with van der Waals surface area (Å²) in [5.41, 5.74) is 4.17. The summed E-state index contributed by atoms with van der Waals surface area (Å²) < 4.78 is 5.39. The number of benzene rings is 3. The highest BCUT2D eigenvalue weighted by Crippen LogP contribution is 2.19. The molecular weight excluding hydrogens is 454 g/mol. The molecule has 4 rings (SSSR count). The summed E-state index contributed by atoms with van der Waals surface area (Å²) in [7, 11) is 1.72. The molecule has 0 saturated carbocycles. The minimum absolute atomic E-state index is 0.103. The minimum atomic E-state index is -0.210. The van der Waals surface area contributed by atoms with Crippen molar-refractivity contribution in [2.24, 2.45) is 0 Å². The number of nitrogens with one attached hydrogen (secondary N) is 2. The number of aryl methyl sites for hydroxylation is 1. The molecule has 1 aromatic heterocycles. The van der Waals surface area contributed by atoms with Gasteiger partial charge in [-0.1, -0.05) is 53.2 Å². The van der Waals surface area contributed by atoms with Crippen LogP contribution >= 0.6 is 0 Å². The number of likely N-dealkylation sites (N-methyl/N-ethyl adjacent to an activating group) is 1. The molecule has 0 aliphatic rings. The standard InChI is InChI=1S/C28H29N5O3/c1-19-9-15-24(16-10-19)30-28(35)33(3)18-17-25-31-27(36-32-25)23-13-11-22(12-14-23)26(34)29-20(2)21-7-5-4-6-8-21/h4-16,20H,17-18H2,1-3H3,(H,29,34)(H,30,35)/t20-/m0/s1. The zero-order valence-corrected chi connectivity index (χ0v) is 20.6. The summed E-state index contributed by atoms with van der Waals surface area (Å²) in [5, 5.41) is 9.89. The van der Waals surface area contributed by atoms with Gasteiger partial charge in [-0.25, -0.2) is 4.79 Å². The molecule has 0 unspecified atom stereocenters. The van der Waals surface area contributed by atoms with Crippen LogP contribution in [0.4, 0.5) is 10.5 Å². The average molecular weight is 484 g/mol. The van der Waals surface area contributed by atoms with Gasteiger partial charge in [0.05, 0.1) is 6.04 Å². The molecule has 8 nitrogen and oxygen atoms in total. The Morgan fingerprint density at radius 3 is 2.36 bits per heavy atom. The van der Waals surface area contributed by atoms with E-state index in [1.807, 2.05) is 68.4 Å². The summed E-state index contributed by atoms with van der Waals surface area (Å²) in [5.74, 6) is 0.705. The second-order valence-corrected chi connectivity index (χ2v) is 8.67. The van der Waals surface area contributed by atoms with Crippen LogP contribution in [0.1, 0.15) is 40.3 Å². The van der Waals surface area contributed by atoms with Crippen LogP contribution in [-0.2, 0) is 6.42 Å². The van der Waals surface area contributed by atoms with Crippen molar-refractivity contribution in [3.63, 3.8) is 0 Å². The van der Waals surface area contributed by atoms with Crippen LogP contribution in [0.15, 0.2) is 83.4 Å². The molecule has 0 aliphatic carbocycles. The number of amides is 3. The second kappa shape index (κ2) is 11.3. The van der Waals surface area contributed by atoms with Gasteiger partial charge in [-0.3, -0.25) is 4.79 Å². The molecule has 0 radical (unpaired) electrons. The fraction of sp³-hybridized carbons (Fsp3) is 0.214. The summed E-state index contributed by atoms with van der Waals surface area (Å²) in [6.07, 6.45) is 0.444. The molecule has 3 amide bonds. The summed E-state index contributed by atoms with van der Waals surface area (Å²) in [6.45, 7) is 4.37. The summed E-state index contributed by atoms with van der Waals surface area (Å²) in [6, 6.07) is 24.1. The molecule has 0 bridgehead atoms. The molecule has 0 fully saturated rings. The highest BCUT2D eigenvalue weighted by molar-refractivity contribution is 5.94. The average Bonchev–Trinajstić information content (AvgIpc) is 3.38. The maximum atomic E-state index is 12.6. The van der Waals surface area contributed by atoms with E-state index in [0.717, 1.165) is 16.8 Å². The highest BCUT2D eigenvalue weighted by atomic mass is 16.5. The maximum absolute atomic E-state index is 12.6. The predicted molar refractivity (Wildman–Crippen MR) is 139 cm³/mol. The Balaban J connectivity index is 1.29. The van der Waals surface area contributed by atoms with E-state index in [9.17, 15) is 9.59 Å². The number of carbonyl (C=O) groups excluding carboxylic acids is 2. The topological polar surface area (TPSA) is 100 Å². The van der Waals surface area contributed by atoms with Gasteiger partial charge in [-0.05, 0) is 55.8 Å². The summed E-state index contributed by atoms with van der Waals surface area (Å²) in [4.78, 5) is 31.0. The van der Waals surface area contributed by atoms with Gasteiger partial charge in [0.15, 0.2) is 5.82 Å². The number of rotatable bonds is 8. The van der Waals surface area contributed by atoms with Gasteiger partial charge in [0.1, 0.15) is 0 Å². The van der Waals surface area contributed by atoms with E-state index in [4.69, 9.17) is 4.52 Å². The highest BCUT2D eigenvalue weighted by Gasteiger charge is 2.15. The molecule has 1 atom stereocenters. The molecule has 3 aromatic carbocycles. The Morgan fingerprint density at radius 2 is 1.67 bits per heavy atom. The Kier molecular flexibility index (Phi) is 7.75. The van der Waals surface area contributed by atoms with Crippen LogP contribution in [0.25, 0.3) is 11.5 Å². The van der Waals surface area contributed by atoms with Crippen molar-refractivity contribution in [3.05, 3.63) is 101 Å². The lowest BCUT2D eigenvalue weighted by molar-refractivity contribution is 0.0940. The molecule has 184 valence electrons. The zero-order valence-electron chi connectivity index (χ0n) is 20.6. The first-order chi connectivity index (χ1) is 17.4. The number of nitrogens with zero attached hydrogens (tertiary/aromatic N) is 3. The monoisotopic (exact) mass is 483 g/mol. The minimum Gasteiger partial charge on any atom is -0.346 e. The van der Waals surface area contributed by atoms with E-state index in [0.29, 0.717) is 35.8 Å². The molecule has 36 heavy (non-hydrogen) atoms. The molecule has 8 heteroatoms. The lowest BCUT2D eigenvalue weighted by Gasteiger charge is -2.17. The van der Waals surface area contributed by atoms with E-state index >= 15 is 0 Å². The molecule has 0 spiro atoms. The van der Waals surface area contributed by atoms with Crippen LogP contribution in [0.5, 0.6) is 0 Å². The van der Waals surface area contributed by atoms with Crippen molar-refractivity contribution in [1.82, 2.24) is 20.4 Å². The largest absolute Gasteiger partial charge is 0.346 e. The fourth-order valence-electron chi connectivity index (χ4n) is 3.57. The van der Waals surface area contributed by atoms with E-state index < -0.39 is 0 Å². The molecular formula is C28H29N5O3. The normalized spacial score (nSPS) is 11.5. The number of hydrogen-bond acceptors (Lipinski definition) is 5. The zero-order chi connectivity index (χ0) is 25.5. The van der Waals surface area contributed by atoms with Crippen LogP contribution < -0.4 is 10.6 Å². The number of anilines is 1. The van der Waals surface area contributed by atoms with Crippen LogP contribution in [0.2, 0.25) is 0 Å². The first kappa shape index (κ1) is 24.7. The Bertz CT molecular complexity index is 1300. The van der Waals surface area contributed by atoms with Crippen molar-refractivity contribution in [2.45, 2.75) is 26.3 Å². The van der Waals surface area contributed by atoms with Crippen LogP contribution in [0.3, 0.4) is 0 Å². The van der Waals surface area contributed by atoms with Crippen molar-refractivity contribution in [3.8, 4) is 11.5 Å². The number of hydrogen-bond donors (Lipinski definition) is 2. The lowest BCUT2D eigenvalue weighted by Crippen LogP contribution is -2.33. The van der Waals surface area contributed by atoms with Gasteiger partial charge in [0, 0.05) is 36.8 Å². The SMILES string of the molecule is Cc1ccc(NC(=O)N(C)CCc2noc(-c3ccc(C(=O)N[C@@H](C)c4ccccc4)cc3)n2)cc1. The van der Waals surface area contributed by atoms with Gasteiger partial charge in [0.25, 0.3) is 11.8 Å². The second-order valence-electron chi connectivity index (χ2n) is 8.67. The first-order valence-electron chi connectivity index (χ1n) is 11.8. The third-order valence-corrected chi connectivity index (χ3v) is 5.83. The van der Waals surface area contributed by atoms with Crippen LogP contribution in [0, 0.1) is 6.92 Å². The van der Waals surface area contributed by atoms with Gasteiger partial charge in [-0.2, -0.15) is 4.98 Å². The number of urea groups is 1. The lowest BCUT2D eigenvalue weighted by atomic mass is 10.1. The quantitative estimate of drug-likeness (QED) is 0.357. The van der Waals surface area contributed by atoms with E-state index in [1.165, 1.54) is 0 Å². The number of aromatic nitrogens is 2. The molecule has 4 aromatic rings. The third-order valence-electron chi connectivity index (χ3n) is 5.83. The van der Waals surface area contributed by atoms with E-state index in [-0.39, 0.29) is 18.0 Å².